The van der Waals surface area contributed by atoms with E-state index in [0.717, 1.165) is 0 Å². The minimum atomic E-state index is -0.576. The summed E-state index contributed by atoms with van der Waals surface area (Å²) in [6.45, 7) is 3.45. The van der Waals surface area contributed by atoms with Crippen molar-refractivity contribution in [2.75, 3.05) is 26.3 Å². The molecule has 1 aromatic rings. The summed E-state index contributed by atoms with van der Waals surface area (Å²) in [5.74, 6) is -0.373. The van der Waals surface area contributed by atoms with Crippen LogP contribution in [0.5, 0.6) is 5.75 Å². The Bertz CT molecular complexity index is 504. The molecule has 6 nitrogen and oxygen atoms in total. The number of primary amides is 1. The second-order valence-corrected chi connectivity index (χ2v) is 4.67. The molecule has 0 radical (unpaired) electrons. The van der Waals surface area contributed by atoms with Crippen molar-refractivity contribution >= 4 is 11.8 Å². The van der Waals surface area contributed by atoms with Crippen molar-refractivity contribution < 1.29 is 19.1 Å². The number of carbonyl (C=O) groups is 2. The first-order valence-corrected chi connectivity index (χ1v) is 6.49. The average molecular weight is 278 g/mol. The van der Waals surface area contributed by atoms with Gasteiger partial charge in [-0.1, -0.05) is 12.1 Å². The molecular weight excluding hydrogens is 260 g/mol. The van der Waals surface area contributed by atoms with Crippen LogP contribution in [-0.2, 0) is 9.53 Å². The minimum Gasteiger partial charge on any atom is -0.483 e. The number of rotatable bonds is 4. The maximum atomic E-state index is 12.0. The van der Waals surface area contributed by atoms with Gasteiger partial charge in [-0.05, 0) is 19.1 Å². The highest BCUT2D eigenvalue weighted by Gasteiger charge is 2.22. The van der Waals surface area contributed by atoms with Gasteiger partial charge in [0, 0.05) is 13.1 Å². The van der Waals surface area contributed by atoms with Gasteiger partial charge in [-0.25, -0.2) is 0 Å². The summed E-state index contributed by atoms with van der Waals surface area (Å²) in [4.78, 5) is 25.0. The van der Waals surface area contributed by atoms with Gasteiger partial charge in [-0.2, -0.15) is 0 Å². The van der Waals surface area contributed by atoms with Crippen molar-refractivity contribution in [1.29, 1.82) is 0 Å². The van der Waals surface area contributed by atoms with Gasteiger partial charge in [0.2, 0.25) is 0 Å². The number of hydrogen-bond donors (Lipinski definition) is 1. The lowest BCUT2D eigenvalue weighted by Crippen LogP contribution is -2.46. The Balaban J connectivity index is 1.95. The van der Waals surface area contributed by atoms with Crippen LogP contribution in [0.15, 0.2) is 24.3 Å². The summed E-state index contributed by atoms with van der Waals surface area (Å²) in [5, 5.41) is 0. The van der Waals surface area contributed by atoms with Gasteiger partial charge in [0.1, 0.15) is 5.75 Å². The number of hydrogen-bond acceptors (Lipinski definition) is 4. The standard InChI is InChI=1S/C14H18N2O4/c1-10-8-16(6-7-19-10)13(17)9-20-12-5-3-2-4-11(12)14(15)18/h2-5,10H,6-9H2,1H3,(H2,15,18)/t10-/m0/s1. The van der Waals surface area contributed by atoms with Gasteiger partial charge in [0.25, 0.3) is 11.8 Å². The van der Waals surface area contributed by atoms with Gasteiger partial charge in [0.05, 0.1) is 18.3 Å². The molecule has 1 heterocycles. The van der Waals surface area contributed by atoms with E-state index in [4.69, 9.17) is 15.2 Å². The fourth-order valence-electron chi connectivity index (χ4n) is 2.07. The monoisotopic (exact) mass is 278 g/mol. The van der Waals surface area contributed by atoms with Crippen LogP contribution in [0.25, 0.3) is 0 Å². The zero-order chi connectivity index (χ0) is 14.5. The topological polar surface area (TPSA) is 81.9 Å². The molecule has 1 fully saturated rings. The number of amides is 2. The van der Waals surface area contributed by atoms with Crippen molar-refractivity contribution in [2.24, 2.45) is 5.73 Å². The van der Waals surface area contributed by atoms with Gasteiger partial charge in [-0.15, -0.1) is 0 Å². The second-order valence-electron chi connectivity index (χ2n) is 4.67. The van der Waals surface area contributed by atoms with Crippen molar-refractivity contribution in [1.82, 2.24) is 4.90 Å². The number of benzene rings is 1. The minimum absolute atomic E-state index is 0.0330. The molecular formula is C14H18N2O4. The van der Waals surface area contributed by atoms with Crippen LogP contribution in [0, 0.1) is 0 Å². The fourth-order valence-corrected chi connectivity index (χ4v) is 2.07. The van der Waals surface area contributed by atoms with E-state index >= 15 is 0 Å². The van der Waals surface area contributed by atoms with Crippen molar-refractivity contribution in [3.63, 3.8) is 0 Å². The molecule has 1 aliphatic rings. The van der Waals surface area contributed by atoms with Crippen LogP contribution < -0.4 is 10.5 Å². The molecule has 6 heteroatoms. The Morgan fingerprint density at radius 1 is 1.45 bits per heavy atom. The number of nitrogens with two attached hydrogens (primary N) is 1. The largest absolute Gasteiger partial charge is 0.483 e. The first-order valence-electron chi connectivity index (χ1n) is 6.49. The third-order valence-electron chi connectivity index (χ3n) is 3.10. The first kappa shape index (κ1) is 14.3. The van der Waals surface area contributed by atoms with Crippen LogP contribution in [0.1, 0.15) is 17.3 Å². The molecule has 0 unspecified atom stereocenters. The quantitative estimate of drug-likeness (QED) is 0.865. The van der Waals surface area contributed by atoms with Gasteiger partial charge in [0.15, 0.2) is 6.61 Å². The molecule has 1 aliphatic heterocycles. The van der Waals surface area contributed by atoms with Gasteiger partial charge < -0.3 is 20.1 Å². The van der Waals surface area contributed by atoms with Gasteiger partial charge >= 0.3 is 0 Å². The maximum absolute atomic E-state index is 12.0. The van der Waals surface area contributed by atoms with E-state index in [-0.39, 0.29) is 24.2 Å². The number of nitrogens with zero attached hydrogens (tertiary/aromatic N) is 1. The van der Waals surface area contributed by atoms with E-state index in [1.807, 2.05) is 6.92 Å². The normalized spacial score (nSPS) is 18.6. The Kier molecular flexibility index (Phi) is 4.57. The fraction of sp³-hybridized carbons (Fsp3) is 0.429. The Labute approximate surface area is 117 Å². The third-order valence-corrected chi connectivity index (χ3v) is 3.10. The zero-order valence-electron chi connectivity index (χ0n) is 11.4. The Morgan fingerprint density at radius 3 is 2.90 bits per heavy atom. The molecule has 0 saturated carbocycles. The van der Waals surface area contributed by atoms with Crippen molar-refractivity contribution in [2.45, 2.75) is 13.0 Å². The van der Waals surface area contributed by atoms with Crippen molar-refractivity contribution in [3.05, 3.63) is 29.8 Å². The van der Waals surface area contributed by atoms with E-state index in [1.165, 1.54) is 0 Å². The van der Waals surface area contributed by atoms with E-state index < -0.39 is 5.91 Å². The van der Waals surface area contributed by atoms with Crippen LogP contribution in [-0.4, -0.2) is 49.1 Å². The molecule has 2 rings (SSSR count). The molecule has 108 valence electrons. The lowest BCUT2D eigenvalue weighted by Gasteiger charge is -2.31. The highest BCUT2D eigenvalue weighted by atomic mass is 16.5. The smallest absolute Gasteiger partial charge is 0.260 e. The molecule has 0 aromatic heterocycles. The predicted octanol–water partition coefficient (Wildman–Crippen LogP) is 0.412. The van der Waals surface area contributed by atoms with Gasteiger partial charge in [-0.3, -0.25) is 9.59 Å². The number of ether oxygens (including phenoxy) is 2. The van der Waals surface area contributed by atoms with Crippen LogP contribution >= 0.6 is 0 Å². The van der Waals surface area contributed by atoms with Crippen molar-refractivity contribution in [3.8, 4) is 5.75 Å². The molecule has 1 atom stereocenters. The molecule has 0 aliphatic carbocycles. The highest BCUT2D eigenvalue weighted by Crippen LogP contribution is 2.17. The predicted molar refractivity (Wildman–Crippen MR) is 72.4 cm³/mol. The number of carbonyl (C=O) groups excluding carboxylic acids is 2. The lowest BCUT2D eigenvalue weighted by atomic mass is 10.2. The van der Waals surface area contributed by atoms with E-state index in [9.17, 15) is 9.59 Å². The van der Waals surface area contributed by atoms with Crippen LogP contribution in [0.3, 0.4) is 0 Å². The molecule has 2 amide bonds. The van der Waals surface area contributed by atoms with E-state index in [1.54, 1.807) is 29.2 Å². The van der Waals surface area contributed by atoms with Crippen LogP contribution in [0.2, 0.25) is 0 Å². The summed E-state index contributed by atoms with van der Waals surface area (Å²) in [7, 11) is 0. The lowest BCUT2D eigenvalue weighted by molar-refractivity contribution is -0.140. The Hall–Kier alpha value is -2.08. The molecule has 1 aromatic carbocycles. The summed E-state index contributed by atoms with van der Waals surface area (Å²) < 4.78 is 10.8. The van der Waals surface area contributed by atoms with E-state index in [0.29, 0.717) is 25.4 Å². The number of para-hydroxylation sites is 1. The molecule has 0 bridgehead atoms. The summed E-state index contributed by atoms with van der Waals surface area (Å²) in [5.41, 5.74) is 5.52. The summed E-state index contributed by atoms with van der Waals surface area (Å²) in [6.07, 6.45) is 0.0330. The highest BCUT2D eigenvalue weighted by molar-refractivity contribution is 5.95. The molecule has 1 saturated heterocycles. The summed E-state index contributed by atoms with van der Waals surface area (Å²) >= 11 is 0. The average Bonchev–Trinajstić information content (AvgIpc) is 2.45. The van der Waals surface area contributed by atoms with Crippen LogP contribution in [0.4, 0.5) is 0 Å². The first-order chi connectivity index (χ1) is 9.58. The molecule has 0 spiro atoms. The molecule has 20 heavy (non-hydrogen) atoms. The molecule has 2 N–H and O–H groups in total. The third kappa shape index (κ3) is 3.48. The zero-order valence-corrected chi connectivity index (χ0v) is 11.4. The summed E-state index contributed by atoms with van der Waals surface area (Å²) in [6, 6.07) is 6.61. The maximum Gasteiger partial charge on any atom is 0.260 e. The SMILES string of the molecule is C[C@H]1CN(C(=O)COc2ccccc2C(N)=O)CCO1. The Morgan fingerprint density at radius 2 is 2.20 bits per heavy atom. The number of morpholine rings is 1. The van der Waals surface area contributed by atoms with E-state index in [2.05, 4.69) is 0 Å². The second kappa shape index (κ2) is 6.38.